The second-order valence-electron chi connectivity index (χ2n) is 2.92. The fourth-order valence-electron chi connectivity index (χ4n) is 1.43. The van der Waals surface area contributed by atoms with Gasteiger partial charge >= 0.3 is 7.12 Å². The summed E-state index contributed by atoms with van der Waals surface area (Å²) in [5.41, 5.74) is 7.33. The van der Waals surface area contributed by atoms with Crippen LogP contribution in [0.1, 0.15) is 0 Å². The van der Waals surface area contributed by atoms with Gasteiger partial charge in [-0.15, -0.1) is 0 Å². The molecule has 4 nitrogen and oxygen atoms in total. The minimum Gasteiger partial charge on any atom is -0.423 e. The second kappa shape index (κ2) is 2.79. The summed E-state index contributed by atoms with van der Waals surface area (Å²) in [6.45, 7) is 0. The Morgan fingerprint density at radius 1 is 1.31 bits per heavy atom. The van der Waals surface area contributed by atoms with E-state index in [0.717, 1.165) is 10.9 Å². The largest absolute Gasteiger partial charge is 0.489 e. The van der Waals surface area contributed by atoms with Crippen LogP contribution in [0.25, 0.3) is 10.9 Å². The molecule has 1 heterocycles. The number of aromatic amines is 1. The zero-order valence-electron chi connectivity index (χ0n) is 6.86. The summed E-state index contributed by atoms with van der Waals surface area (Å²) in [5.74, 6) is 0. The first-order valence-corrected chi connectivity index (χ1v) is 3.91. The lowest BCUT2D eigenvalue weighted by Crippen LogP contribution is -2.30. The highest BCUT2D eigenvalue weighted by atomic mass is 16.4. The lowest BCUT2D eigenvalue weighted by atomic mass is 9.78. The third kappa shape index (κ3) is 1.28. The topological polar surface area (TPSA) is 82.3 Å². The number of aromatic nitrogens is 1. The molecule has 66 valence electrons. The molecule has 0 spiro atoms. The Kier molecular flexibility index (Phi) is 1.75. The Balaban J connectivity index is 2.77. The molecule has 5 heteroatoms. The molecule has 0 fully saturated rings. The Hall–Kier alpha value is -1.46. The average Bonchev–Trinajstić information content (AvgIpc) is 2.49. The number of rotatable bonds is 1. The summed E-state index contributed by atoms with van der Waals surface area (Å²) >= 11 is 0. The minimum absolute atomic E-state index is 0.427. The molecule has 2 rings (SSSR count). The SMILES string of the molecule is Nc1cc(B(O)O)c2cc[nH]c2c1. The van der Waals surface area contributed by atoms with Crippen LogP contribution in [0, 0.1) is 0 Å². The smallest absolute Gasteiger partial charge is 0.423 e. The molecule has 0 unspecified atom stereocenters. The molecule has 0 amide bonds. The van der Waals surface area contributed by atoms with Crippen molar-refractivity contribution in [3.8, 4) is 0 Å². The van der Waals surface area contributed by atoms with Gasteiger partial charge in [0.2, 0.25) is 0 Å². The molecule has 0 aliphatic carbocycles. The van der Waals surface area contributed by atoms with Gasteiger partial charge in [0, 0.05) is 17.4 Å². The second-order valence-corrected chi connectivity index (χ2v) is 2.92. The lowest BCUT2D eigenvalue weighted by Gasteiger charge is -2.03. The van der Waals surface area contributed by atoms with Crippen LogP contribution >= 0.6 is 0 Å². The molecule has 0 radical (unpaired) electrons. The van der Waals surface area contributed by atoms with Crippen LogP contribution in [0.4, 0.5) is 5.69 Å². The minimum atomic E-state index is -1.48. The third-order valence-corrected chi connectivity index (χ3v) is 2.00. The van der Waals surface area contributed by atoms with Gasteiger partial charge in [-0.3, -0.25) is 0 Å². The summed E-state index contributed by atoms with van der Waals surface area (Å²) < 4.78 is 0. The zero-order valence-corrected chi connectivity index (χ0v) is 6.86. The highest BCUT2D eigenvalue weighted by molar-refractivity contribution is 6.62. The number of nitrogens with two attached hydrogens (primary N) is 1. The van der Waals surface area contributed by atoms with Crippen molar-refractivity contribution in [2.24, 2.45) is 0 Å². The molecule has 13 heavy (non-hydrogen) atoms. The maximum atomic E-state index is 9.05. The van der Waals surface area contributed by atoms with Gasteiger partial charge in [0.05, 0.1) is 0 Å². The molecule has 0 aliphatic heterocycles. The van der Waals surface area contributed by atoms with Crippen molar-refractivity contribution in [1.29, 1.82) is 0 Å². The lowest BCUT2D eigenvalue weighted by molar-refractivity contribution is 0.426. The van der Waals surface area contributed by atoms with Crippen molar-refractivity contribution in [2.45, 2.75) is 0 Å². The predicted octanol–water partition coefficient (Wildman–Crippen LogP) is -0.570. The van der Waals surface area contributed by atoms with E-state index >= 15 is 0 Å². The summed E-state index contributed by atoms with van der Waals surface area (Å²) in [5, 5.41) is 18.9. The van der Waals surface area contributed by atoms with Crippen LogP contribution in [0.5, 0.6) is 0 Å². The maximum absolute atomic E-state index is 9.05. The van der Waals surface area contributed by atoms with E-state index in [0.29, 0.717) is 11.2 Å². The van der Waals surface area contributed by atoms with Crippen LogP contribution in [-0.4, -0.2) is 22.2 Å². The van der Waals surface area contributed by atoms with Crippen LogP contribution in [0.3, 0.4) is 0 Å². The van der Waals surface area contributed by atoms with Gasteiger partial charge in [-0.25, -0.2) is 0 Å². The van der Waals surface area contributed by atoms with Crippen molar-refractivity contribution in [1.82, 2.24) is 4.98 Å². The van der Waals surface area contributed by atoms with E-state index in [1.165, 1.54) is 0 Å². The van der Waals surface area contributed by atoms with E-state index in [1.807, 2.05) is 0 Å². The number of hydrogen-bond acceptors (Lipinski definition) is 3. The van der Waals surface area contributed by atoms with Crippen molar-refractivity contribution in [3.05, 3.63) is 24.4 Å². The predicted molar refractivity (Wildman–Crippen MR) is 52.5 cm³/mol. The van der Waals surface area contributed by atoms with Gasteiger partial charge in [-0.05, 0) is 29.0 Å². The molecular weight excluding hydrogens is 167 g/mol. The number of benzene rings is 1. The molecule has 2 aromatic rings. The first-order chi connectivity index (χ1) is 6.18. The third-order valence-electron chi connectivity index (χ3n) is 2.00. The number of nitrogen functional groups attached to an aromatic ring is 1. The van der Waals surface area contributed by atoms with E-state index in [9.17, 15) is 0 Å². The van der Waals surface area contributed by atoms with Crippen LogP contribution < -0.4 is 11.2 Å². The molecule has 0 atom stereocenters. The molecule has 0 saturated heterocycles. The molecule has 0 saturated carbocycles. The first-order valence-electron chi connectivity index (χ1n) is 3.91. The van der Waals surface area contributed by atoms with Gasteiger partial charge < -0.3 is 20.8 Å². The fraction of sp³-hybridized carbons (Fsp3) is 0. The number of anilines is 1. The number of H-pyrrole nitrogens is 1. The molecule has 0 bridgehead atoms. The van der Waals surface area contributed by atoms with Crippen LogP contribution in [0.2, 0.25) is 0 Å². The van der Waals surface area contributed by atoms with Gasteiger partial charge in [0.25, 0.3) is 0 Å². The molecule has 1 aromatic heterocycles. The normalized spacial score (nSPS) is 10.6. The van der Waals surface area contributed by atoms with E-state index < -0.39 is 7.12 Å². The monoisotopic (exact) mass is 176 g/mol. The highest BCUT2D eigenvalue weighted by Gasteiger charge is 2.15. The van der Waals surface area contributed by atoms with Gasteiger partial charge in [-0.1, -0.05) is 0 Å². The number of hydrogen-bond donors (Lipinski definition) is 4. The summed E-state index contributed by atoms with van der Waals surface area (Å²) in [6, 6.07) is 5.09. The molecule has 5 N–H and O–H groups in total. The van der Waals surface area contributed by atoms with Gasteiger partial charge in [-0.2, -0.15) is 0 Å². The first kappa shape index (κ1) is 8.16. The Labute approximate surface area is 75.1 Å². The zero-order chi connectivity index (χ0) is 9.42. The van der Waals surface area contributed by atoms with Crippen molar-refractivity contribution >= 4 is 29.2 Å². The molecule has 1 aromatic carbocycles. The molecular formula is C8H9BN2O2. The number of fused-ring (bicyclic) bond motifs is 1. The van der Waals surface area contributed by atoms with Gasteiger partial charge in [0.1, 0.15) is 0 Å². The molecule has 0 aliphatic rings. The quantitative estimate of drug-likeness (QED) is 0.347. The van der Waals surface area contributed by atoms with E-state index in [-0.39, 0.29) is 0 Å². The summed E-state index contributed by atoms with van der Waals surface area (Å²) in [6.07, 6.45) is 1.73. The highest BCUT2D eigenvalue weighted by Crippen LogP contribution is 2.13. The van der Waals surface area contributed by atoms with Crippen LogP contribution in [0.15, 0.2) is 24.4 Å². The number of nitrogens with one attached hydrogen (secondary N) is 1. The van der Waals surface area contributed by atoms with Crippen LogP contribution in [-0.2, 0) is 0 Å². The Morgan fingerprint density at radius 2 is 2.08 bits per heavy atom. The van der Waals surface area contributed by atoms with E-state index in [4.69, 9.17) is 15.8 Å². The van der Waals surface area contributed by atoms with Gasteiger partial charge in [0.15, 0.2) is 0 Å². The summed E-state index contributed by atoms with van der Waals surface area (Å²) in [4.78, 5) is 2.95. The fourth-order valence-corrected chi connectivity index (χ4v) is 1.43. The Bertz CT molecular complexity index is 439. The Morgan fingerprint density at radius 3 is 2.77 bits per heavy atom. The van der Waals surface area contributed by atoms with Crippen molar-refractivity contribution in [2.75, 3.05) is 5.73 Å². The van der Waals surface area contributed by atoms with Crippen molar-refractivity contribution in [3.63, 3.8) is 0 Å². The standard InChI is InChI=1S/C8H9BN2O2/c10-5-3-7(9(12)13)6-1-2-11-8(6)4-5/h1-4,11-13H,10H2. The average molecular weight is 176 g/mol. The van der Waals surface area contributed by atoms with E-state index in [2.05, 4.69) is 4.98 Å². The van der Waals surface area contributed by atoms with Crippen molar-refractivity contribution < 1.29 is 10.0 Å². The summed E-state index contributed by atoms with van der Waals surface area (Å²) in [7, 11) is -1.48. The van der Waals surface area contributed by atoms with E-state index in [1.54, 1.807) is 24.4 Å². The maximum Gasteiger partial charge on any atom is 0.489 e.